The summed E-state index contributed by atoms with van der Waals surface area (Å²) >= 11 is 0. The third-order valence-electron chi connectivity index (χ3n) is 6.15. The molecule has 22 heavy (non-hydrogen) atoms. The molecule has 3 rings (SSSR count). The predicted molar refractivity (Wildman–Crippen MR) is 93.6 cm³/mol. The van der Waals surface area contributed by atoms with Crippen molar-refractivity contribution in [2.75, 3.05) is 6.61 Å². The highest BCUT2D eigenvalue weighted by atomic mass is 16.5. The highest BCUT2D eigenvalue weighted by Gasteiger charge is 2.38. The van der Waals surface area contributed by atoms with Gasteiger partial charge in [-0.25, -0.2) is 0 Å². The van der Waals surface area contributed by atoms with E-state index < -0.39 is 0 Å². The van der Waals surface area contributed by atoms with Crippen molar-refractivity contribution >= 4 is 0 Å². The molecule has 122 valence electrons. The monoisotopic (exact) mass is 300 g/mol. The van der Waals surface area contributed by atoms with Crippen LogP contribution in [0.25, 0.3) is 0 Å². The summed E-state index contributed by atoms with van der Waals surface area (Å²) in [5.41, 5.74) is 3.17. The number of fused-ring (bicyclic) bond motifs is 1. The third kappa shape index (κ3) is 3.19. The van der Waals surface area contributed by atoms with Crippen LogP contribution >= 0.6 is 0 Å². The van der Waals surface area contributed by atoms with E-state index in [1.54, 1.807) is 11.1 Å². The Morgan fingerprint density at radius 1 is 1.09 bits per heavy atom. The molecule has 4 unspecified atom stereocenters. The quantitative estimate of drug-likeness (QED) is 0.651. The van der Waals surface area contributed by atoms with Gasteiger partial charge in [0.2, 0.25) is 0 Å². The number of rotatable bonds is 5. The summed E-state index contributed by atoms with van der Waals surface area (Å²) in [6.45, 7) is 7.59. The van der Waals surface area contributed by atoms with Crippen molar-refractivity contribution in [1.29, 1.82) is 0 Å². The predicted octanol–water partition coefficient (Wildman–Crippen LogP) is 5.97. The SMILES string of the molecule is CCCc1cc(OCC)ccc1C1CCC2C(C)CCC2C1. The number of hydrogen-bond donors (Lipinski definition) is 0. The lowest BCUT2D eigenvalue weighted by atomic mass is 9.71. The van der Waals surface area contributed by atoms with Crippen LogP contribution in [0.1, 0.15) is 76.3 Å². The largest absolute Gasteiger partial charge is 0.494 e. The van der Waals surface area contributed by atoms with Gasteiger partial charge in [-0.1, -0.05) is 32.8 Å². The molecule has 1 nitrogen and oxygen atoms in total. The summed E-state index contributed by atoms with van der Waals surface area (Å²) in [6.07, 6.45) is 9.64. The Balaban J connectivity index is 1.78. The Morgan fingerprint density at radius 3 is 2.73 bits per heavy atom. The van der Waals surface area contributed by atoms with E-state index in [9.17, 15) is 0 Å². The summed E-state index contributed by atoms with van der Waals surface area (Å²) < 4.78 is 5.72. The molecule has 0 bridgehead atoms. The van der Waals surface area contributed by atoms with Crippen LogP contribution in [0.5, 0.6) is 5.75 Å². The second-order valence-corrected chi connectivity index (χ2v) is 7.53. The zero-order valence-corrected chi connectivity index (χ0v) is 14.6. The van der Waals surface area contributed by atoms with Gasteiger partial charge >= 0.3 is 0 Å². The molecule has 0 radical (unpaired) electrons. The van der Waals surface area contributed by atoms with Crippen LogP contribution in [0.15, 0.2) is 18.2 Å². The molecule has 0 aliphatic heterocycles. The molecule has 0 saturated heterocycles. The van der Waals surface area contributed by atoms with E-state index in [0.717, 1.165) is 36.0 Å². The van der Waals surface area contributed by atoms with Crippen LogP contribution < -0.4 is 4.74 Å². The van der Waals surface area contributed by atoms with Gasteiger partial charge in [0, 0.05) is 0 Å². The first-order chi connectivity index (χ1) is 10.7. The molecular formula is C21H32O. The lowest BCUT2D eigenvalue weighted by molar-refractivity contribution is 0.216. The number of hydrogen-bond acceptors (Lipinski definition) is 1. The van der Waals surface area contributed by atoms with E-state index in [-0.39, 0.29) is 0 Å². The molecule has 0 N–H and O–H groups in total. The maximum Gasteiger partial charge on any atom is 0.119 e. The molecule has 2 aliphatic carbocycles. The summed E-state index contributed by atoms with van der Waals surface area (Å²) in [5, 5.41) is 0. The Labute approximate surface area is 136 Å². The fraction of sp³-hybridized carbons (Fsp3) is 0.714. The first-order valence-electron chi connectivity index (χ1n) is 9.48. The third-order valence-corrected chi connectivity index (χ3v) is 6.15. The second kappa shape index (κ2) is 7.06. The summed E-state index contributed by atoms with van der Waals surface area (Å²) in [7, 11) is 0. The Morgan fingerprint density at radius 2 is 1.95 bits per heavy atom. The van der Waals surface area contributed by atoms with Crippen molar-refractivity contribution in [2.45, 2.75) is 71.6 Å². The Bertz CT molecular complexity index is 493. The minimum Gasteiger partial charge on any atom is -0.494 e. The number of aryl methyl sites for hydroxylation is 1. The fourth-order valence-corrected chi connectivity index (χ4v) is 5.06. The van der Waals surface area contributed by atoms with E-state index >= 15 is 0 Å². The van der Waals surface area contributed by atoms with Crippen LogP contribution in [-0.4, -0.2) is 6.61 Å². The highest BCUT2D eigenvalue weighted by Crippen LogP contribution is 2.50. The summed E-state index contributed by atoms with van der Waals surface area (Å²) in [5.74, 6) is 4.84. The summed E-state index contributed by atoms with van der Waals surface area (Å²) in [4.78, 5) is 0. The van der Waals surface area contributed by atoms with E-state index in [4.69, 9.17) is 4.74 Å². The van der Waals surface area contributed by atoms with Crippen LogP contribution in [0.2, 0.25) is 0 Å². The van der Waals surface area contributed by atoms with Gasteiger partial charge in [0.25, 0.3) is 0 Å². The lowest BCUT2D eigenvalue weighted by Crippen LogP contribution is -2.23. The second-order valence-electron chi connectivity index (χ2n) is 7.53. The molecule has 1 aromatic carbocycles. The van der Waals surface area contributed by atoms with Gasteiger partial charge in [-0.05, 0) is 86.0 Å². The molecule has 2 saturated carbocycles. The van der Waals surface area contributed by atoms with E-state index in [2.05, 4.69) is 39.0 Å². The number of benzene rings is 1. The average molecular weight is 300 g/mol. The smallest absolute Gasteiger partial charge is 0.119 e. The van der Waals surface area contributed by atoms with E-state index in [1.165, 1.54) is 44.9 Å². The molecule has 1 heteroatoms. The van der Waals surface area contributed by atoms with Gasteiger partial charge < -0.3 is 4.74 Å². The van der Waals surface area contributed by atoms with E-state index in [0.29, 0.717) is 0 Å². The van der Waals surface area contributed by atoms with Crippen molar-refractivity contribution in [3.8, 4) is 5.75 Å². The van der Waals surface area contributed by atoms with Gasteiger partial charge in [0.15, 0.2) is 0 Å². The first-order valence-corrected chi connectivity index (χ1v) is 9.48. The number of ether oxygens (including phenoxy) is 1. The van der Waals surface area contributed by atoms with Gasteiger partial charge in [-0.2, -0.15) is 0 Å². The van der Waals surface area contributed by atoms with Crippen molar-refractivity contribution in [1.82, 2.24) is 0 Å². The Kier molecular flexibility index (Phi) is 5.10. The maximum absolute atomic E-state index is 5.72. The molecule has 4 atom stereocenters. The minimum atomic E-state index is 0.760. The first kappa shape index (κ1) is 15.9. The van der Waals surface area contributed by atoms with Crippen molar-refractivity contribution < 1.29 is 4.74 Å². The van der Waals surface area contributed by atoms with Gasteiger partial charge in [-0.15, -0.1) is 0 Å². The summed E-state index contributed by atoms with van der Waals surface area (Å²) in [6, 6.07) is 6.88. The van der Waals surface area contributed by atoms with E-state index in [1.807, 2.05) is 0 Å². The highest BCUT2D eigenvalue weighted by molar-refractivity contribution is 5.38. The Hall–Kier alpha value is -0.980. The van der Waals surface area contributed by atoms with Crippen LogP contribution in [0, 0.1) is 17.8 Å². The fourth-order valence-electron chi connectivity index (χ4n) is 5.06. The van der Waals surface area contributed by atoms with Gasteiger partial charge in [0.1, 0.15) is 5.75 Å². The van der Waals surface area contributed by atoms with Gasteiger partial charge in [0.05, 0.1) is 6.61 Å². The lowest BCUT2D eigenvalue weighted by Gasteiger charge is -2.35. The van der Waals surface area contributed by atoms with Crippen LogP contribution in [0.4, 0.5) is 0 Å². The van der Waals surface area contributed by atoms with Crippen LogP contribution in [0.3, 0.4) is 0 Å². The normalized spacial score (nSPS) is 31.0. The average Bonchev–Trinajstić information content (AvgIpc) is 2.89. The van der Waals surface area contributed by atoms with Gasteiger partial charge in [-0.3, -0.25) is 0 Å². The zero-order chi connectivity index (χ0) is 15.5. The molecule has 0 spiro atoms. The zero-order valence-electron chi connectivity index (χ0n) is 14.6. The minimum absolute atomic E-state index is 0.760. The molecule has 2 aliphatic rings. The molecular weight excluding hydrogens is 268 g/mol. The van der Waals surface area contributed by atoms with Crippen molar-refractivity contribution in [3.63, 3.8) is 0 Å². The molecule has 2 fully saturated rings. The topological polar surface area (TPSA) is 9.23 Å². The molecule has 0 aromatic heterocycles. The van der Waals surface area contributed by atoms with Crippen molar-refractivity contribution in [3.05, 3.63) is 29.3 Å². The molecule has 1 aromatic rings. The van der Waals surface area contributed by atoms with Crippen molar-refractivity contribution in [2.24, 2.45) is 17.8 Å². The van der Waals surface area contributed by atoms with Crippen LogP contribution in [-0.2, 0) is 6.42 Å². The maximum atomic E-state index is 5.72. The molecule has 0 heterocycles. The molecule has 0 amide bonds. The standard InChI is InChI=1S/C21H32O/c1-4-6-16-14-19(22-5-2)10-12-21(16)18-9-11-20-15(3)7-8-17(20)13-18/h10,12,14-15,17-18,20H,4-9,11,13H2,1-3H3.